The first-order valence-corrected chi connectivity index (χ1v) is 7.40. The Morgan fingerprint density at radius 1 is 1.40 bits per heavy atom. The maximum Gasteiger partial charge on any atom is 0.160 e. The Morgan fingerprint density at radius 3 is 2.65 bits per heavy atom. The van der Waals surface area contributed by atoms with Crippen molar-refractivity contribution in [3.05, 3.63) is 53.6 Å². The second-order valence-electron chi connectivity index (χ2n) is 4.20. The molecule has 0 aliphatic carbocycles. The number of rotatable bonds is 5. The van der Waals surface area contributed by atoms with E-state index < -0.39 is 11.6 Å². The lowest BCUT2D eigenvalue weighted by Gasteiger charge is -2.25. The first-order valence-electron chi connectivity index (χ1n) is 6.18. The SMILES string of the molecule is CCC(=S)OC(c1ccc(Cl)cc1)C(Cl)n1ccnc1. The highest BCUT2D eigenvalue weighted by Crippen LogP contribution is 2.34. The summed E-state index contributed by atoms with van der Waals surface area (Å²) in [7, 11) is 0. The molecule has 2 rings (SSSR count). The average molecular weight is 329 g/mol. The van der Waals surface area contributed by atoms with Crippen LogP contribution in [0.2, 0.25) is 5.02 Å². The maximum atomic E-state index is 6.49. The number of nitrogens with zero attached hydrogens (tertiary/aromatic N) is 2. The molecule has 20 heavy (non-hydrogen) atoms. The Bertz CT molecular complexity index is 557. The van der Waals surface area contributed by atoms with Crippen molar-refractivity contribution in [3.63, 3.8) is 0 Å². The summed E-state index contributed by atoms with van der Waals surface area (Å²) >= 11 is 17.6. The number of hydrogen-bond donors (Lipinski definition) is 0. The molecule has 0 spiro atoms. The topological polar surface area (TPSA) is 27.1 Å². The summed E-state index contributed by atoms with van der Waals surface area (Å²) in [6.07, 6.45) is 5.38. The zero-order chi connectivity index (χ0) is 14.5. The summed E-state index contributed by atoms with van der Waals surface area (Å²) in [5, 5.41) is 1.19. The van der Waals surface area contributed by atoms with Gasteiger partial charge in [0.15, 0.2) is 11.2 Å². The molecule has 1 aromatic carbocycles. The fourth-order valence-corrected chi connectivity index (χ4v) is 2.27. The number of thiocarbonyl (C=S) groups is 1. The molecule has 0 amide bonds. The molecule has 0 aliphatic rings. The van der Waals surface area contributed by atoms with Gasteiger partial charge in [-0.15, -0.1) is 0 Å². The standard InChI is InChI=1S/C14H14Cl2N2OS/c1-2-12(20)19-13(10-3-5-11(15)6-4-10)14(16)18-8-7-17-9-18/h3-9,13-14H,2H2,1H3. The van der Waals surface area contributed by atoms with Crippen LogP contribution in [0.25, 0.3) is 0 Å². The monoisotopic (exact) mass is 328 g/mol. The molecule has 2 unspecified atom stereocenters. The summed E-state index contributed by atoms with van der Waals surface area (Å²) in [6, 6.07) is 7.38. The number of aromatic nitrogens is 2. The Morgan fingerprint density at radius 2 is 2.10 bits per heavy atom. The molecule has 106 valence electrons. The van der Waals surface area contributed by atoms with E-state index in [-0.39, 0.29) is 0 Å². The summed E-state index contributed by atoms with van der Waals surface area (Å²) in [6.45, 7) is 1.95. The third-order valence-electron chi connectivity index (χ3n) is 2.81. The van der Waals surface area contributed by atoms with Gasteiger partial charge in [-0.1, -0.05) is 42.3 Å². The van der Waals surface area contributed by atoms with Gasteiger partial charge >= 0.3 is 0 Å². The third-order valence-corrected chi connectivity index (χ3v) is 3.90. The lowest BCUT2D eigenvalue weighted by molar-refractivity contribution is 0.163. The predicted octanol–water partition coefficient (Wildman–Crippen LogP) is 4.77. The van der Waals surface area contributed by atoms with E-state index in [2.05, 4.69) is 4.98 Å². The van der Waals surface area contributed by atoms with Gasteiger partial charge in [0.25, 0.3) is 0 Å². The molecule has 0 radical (unpaired) electrons. The number of hydrogen-bond acceptors (Lipinski definition) is 3. The van der Waals surface area contributed by atoms with E-state index in [1.54, 1.807) is 35.4 Å². The fraction of sp³-hybridized carbons (Fsp3) is 0.286. The van der Waals surface area contributed by atoms with Gasteiger partial charge in [0.1, 0.15) is 5.50 Å². The largest absolute Gasteiger partial charge is 0.476 e. The molecule has 1 aromatic heterocycles. The molecule has 0 N–H and O–H groups in total. The molecule has 0 saturated heterocycles. The van der Waals surface area contributed by atoms with Crippen LogP contribution in [0.15, 0.2) is 43.0 Å². The number of imidazole rings is 1. The molecule has 3 nitrogen and oxygen atoms in total. The van der Waals surface area contributed by atoms with Gasteiger partial charge in [0, 0.05) is 23.8 Å². The van der Waals surface area contributed by atoms with Crippen LogP contribution in [0.5, 0.6) is 0 Å². The van der Waals surface area contributed by atoms with Crippen molar-refractivity contribution in [2.45, 2.75) is 24.9 Å². The molecule has 0 aliphatic heterocycles. The highest BCUT2D eigenvalue weighted by Gasteiger charge is 2.25. The van der Waals surface area contributed by atoms with Gasteiger partial charge in [-0.25, -0.2) is 4.98 Å². The first-order chi connectivity index (χ1) is 9.61. The molecular formula is C14H14Cl2N2OS. The van der Waals surface area contributed by atoms with Gasteiger partial charge in [0.2, 0.25) is 0 Å². The van der Waals surface area contributed by atoms with Crippen molar-refractivity contribution < 1.29 is 4.74 Å². The third kappa shape index (κ3) is 3.72. The molecular weight excluding hydrogens is 315 g/mol. The Labute approximate surface area is 133 Å². The van der Waals surface area contributed by atoms with Gasteiger partial charge in [0.05, 0.1) is 6.33 Å². The number of halogens is 2. The number of ether oxygens (including phenoxy) is 1. The molecule has 6 heteroatoms. The van der Waals surface area contributed by atoms with E-state index in [0.29, 0.717) is 16.5 Å². The molecule has 2 atom stereocenters. The Kier molecular flexibility index (Phi) is 5.40. The van der Waals surface area contributed by atoms with Crippen LogP contribution in [-0.4, -0.2) is 14.6 Å². The van der Waals surface area contributed by atoms with Crippen molar-refractivity contribution in [1.29, 1.82) is 0 Å². The zero-order valence-corrected chi connectivity index (χ0v) is 13.2. The molecule has 1 heterocycles. The van der Waals surface area contributed by atoms with Crippen LogP contribution in [0.3, 0.4) is 0 Å². The normalized spacial score (nSPS) is 13.8. The van der Waals surface area contributed by atoms with E-state index in [9.17, 15) is 0 Å². The van der Waals surface area contributed by atoms with E-state index in [1.165, 1.54) is 0 Å². The van der Waals surface area contributed by atoms with Crippen LogP contribution in [0.1, 0.15) is 30.5 Å². The first kappa shape index (κ1) is 15.3. The van der Waals surface area contributed by atoms with Gasteiger partial charge < -0.3 is 9.30 Å². The second-order valence-corrected chi connectivity index (χ2v) is 5.54. The van der Waals surface area contributed by atoms with Crippen LogP contribution in [-0.2, 0) is 4.74 Å². The van der Waals surface area contributed by atoms with E-state index in [4.69, 9.17) is 40.2 Å². The molecule has 0 fully saturated rings. The highest BCUT2D eigenvalue weighted by atomic mass is 35.5. The summed E-state index contributed by atoms with van der Waals surface area (Å²) in [5.74, 6) is 0. The maximum absolute atomic E-state index is 6.49. The summed E-state index contributed by atoms with van der Waals surface area (Å²) in [5.41, 5.74) is 0.474. The smallest absolute Gasteiger partial charge is 0.160 e. The van der Waals surface area contributed by atoms with Crippen LogP contribution < -0.4 is 0 Å². The average Bonchev–Trinajstić information content (AvgIpc) is 2.99. The van der Waals surface area contributed by atoms with Crippen molar-refractivity contribution in [2.75, 3.05) is 0 Å². The second kappa shape index (κ2) is 7.07. The lowest BCUT2D eigenvalue weighted by atomic mass is 10.1. The van der Waals surface area contributed by atoms with Crippen molar-refractivity contribution in [3.8, 4) is 0 Å². The zero-order valence-electron chi connectivity index (χ0n) is 10.9. The number of benzene rings is 1. The van der Waals surface area contributed by atoms with Crippen molar-refractivity contribution >= 4 is 40.5 Å². The molecule has 0 saturated carbocycles. The van der Waals surface area contributed by atoms with Crippen LogP contribution >= 0.6 is 35.4 Å². The van der Waals surface area contributed by atoms with Gasteiger partial charge in [-0.2, -0.15) is 0 Å². The Balaban J connectivity index is 2.28. The molecule has 0 bridgehead atoms. The fourth-order valence-electron chi connectivity index (χ4n) is 1.73. The van der Waals surface area contributed by atoms with Crippen molar-refractivity contribution in [2.24, 2.45) is 0 Å². The number of alkyl halides is 1. The highest BCUT2D eigenvalue weighted by molar-refractivity contribution is 7.80. The van der Waals surface area contributed by atoms with Gasteiger partial charge in [-0.3, -0.25) is 0 Å². The minimum atomic E-state index is -0.442. The summed E-state index contributed by atoms with van der Waals surface area (Å²) < 4.78 is 7.60. The minimum absolute atomic E-state index is 0.393. The van der Waals surface area contributed by atoms with Crippen molar-refractivity contribution in [1.82, 2.24) is 9.55 Å². The van der Waals surface area contributed by atoms with Crippen LogP contribution in [0.4, 0.5) is 0 Å². The van der Waals surface area contributed by atoms with E-state index >= 15 is 0 Å². The van der Waals surface area contributed by atoms with Crippen LogP contribution in [0, 0.1) is 0 Å². The van der Waals surface area contributed by atoms with Gasteiger partial charge in [-0.05, 0) is 29.9 Å². The lowest BCUT2D eigenvalue weighted by Crippen LogP contribution is -2.17. The quantitative estimate of drug-likeness (QED) is 0.584. The van der Waals surface area contributed by atoms with E-state index in [0.717, 1.165) is 5.56 Å². The summed E-state index contributed by atoms with van der Waals surface area (Å²) in [4.78, 5) is 4.00. The predicted molar refractivity (Wildman–Crippen MR) is 85.3 cm³/mol. The van der Waals surface area contributed by atoms with E-state index in [1.807, 2.05) is 19.1 Å². The minimum Gasteiger partial charge on any atom is -0.476 e. The Hall–Kier alpha value is -1.10. The molecule has 2 aromatic rings.